The van der Waals surface area contributed by atoms with Gasteiger partial charge in [-0.15, -0.1) is 0 Å². The fourth-order valence-corrected chi connectivity index (χ4v) is 11.1. The van der Waals surface area contributed by atoms with Crippen molar-refractivity contribution >= 4 is 50.0 Å². The van der Waals surface area contributed by atoms with Gasteiger partial charge in [-0.25, -0.2) is 0 Å². The van der Waals surface area contributed by atoms with Crippen LogP contribution in [0.25, 0.3) is 66.1 Å². The van der Waals surface area contributed by atoms with Crippen molar-refractivity contribution in [3.8, 4) is 44.5 Å². The third-order valence-corrected chi connectivity index (χ3v) is 14.0. The molecule has 9 aromatic carbocycles. The molecule has 0 saturated heterocycles. The predicted octanol–water partition coefficient (Wildman–Crippen LogP) is 15.5. The summed E-state index contributed by atoms with van der Waals surface area (Å²) in [7, 11) is 2.19. The number of para-hydroxylation sites is 4. The minimum absolute atomic E-state index is 0.0830. The Kier molecular flexibility index (Phi) is 6.99. The fourth-order valence-electron chi connectivity index (χ4n) is 11.1. The van der Waals surface area contributed by atoms with Crippen LogP contribution in [0, 0.1) is 0 Å². The molecule has 2 nitrogen and oxygen atoms in total. The zero-order chi connectivity index (χ0) is 39.8. The van der Waals surface area contributed by atoms with Gasteiger partial charge in [0.1, 0.15) is 0 Å². The van der Waals surface area contributed by atoms with Gasteiger partial charge in [-0.1, -0.05) is 167 Å². The first-order valence-corrected chi connectivity index (χ1v) is 20.9. The van der Waals surface area contributed by atoms with E-state index in [4.69, 9.17) is 0 Å². The second-order valence-corrected chi connectivity index (χ2v) is 17.7. The van der Waals surface area contributed by atoms with E-state index in [0.29, 0.717) is 0 Å². The second-order valence-electron chi connectivity index (χ2n) is 17.7. The summed E-state index contributed by atoms with van der Waals surface area (Å²) < 4.78 is 0. The molecule has 0 unspecified atom stereocenters. The molecule has 59 heavy (non-hydrogen) atoms. The third kappa shape index (κ3) is 4.57. The van der Waals surface area contributed by atoms with Gasteiger partial charge in [0, 0.05) is 28.7 Å². The predicted molar refractivity (Wildman–Crippen MR) is 250 cm³/mol. The highest BCUT2D eigenvalue weighted by Crippen LogP contribution is 2.58. The molecule has 0 radical (unpaired) electrons. The normalized spacial score (nSPS) is 15.1. The maximum absolute atomic E-state index is 2.53. The standard InChI is InChI=1S/C57H44N2/c1-56(2)46-23-11-9-20-42(46)54-43(21-16-24-47(54)56)53-39-18-6-7-19-40(39)55(59-51-27-14-12-25-49(51)58(5)50-26-13-15-28-52(50)59)41-32-30-35(33-44(41)53)36-29-31-38-37-17-8-10-22-45(37)57(3,4)48(38)34-36/h6-34H,1-5H3. The maximum atomic E-state index is 2.53. The van der Waals surface area contributed by atoms with Crippen molar-refractivity contribution in [1.29, 1.82) is 0 Å². The van der Waals surface area contributed by atoms with Gasteiger partial charge < -0.3 is 9.80 Å². The van der Waals surface area contributed by atoms with Crippen LogP contribution < -0.4 is 9.80 Å². The summed E-state index contributed by atoms with van der Waals surface area (Å²) >= 11 is 0. The van der Waals surface area contributed by atoms with E-state index in [2.05, 4.69) is 220 Å². The zero-order valence-electron chi connectivity index (χ0n) is 34.1. The summed E-state index contributed by atoms with van der Waals surface area (Å²) in [6.45, 7) is 9.52. The van der Waals surface area contributed by atoms with Crippen molar-refractivity contribution in [3.63, 3.8) is 0 Å². The van der Waals surface area contributed by atoms with Crippen LogP contribution in [0.1, 0.15) is 49.9 Å². The van der Waals surface area contributed by atoms with Crippen molar-refractivity contribution in [1.82, 2.24) is 0 Å². The number of benzene rings is 9. The Bertz CT molecular complexity index is 3210. The van der Waals surface area contributed by atoms with Gasteiger partial charge in [0.2, 0.25) is 0 Å². The molecule has 0 spiro atoms. The zero-order valence-corrected chi connectivity index (χ0v) is 34.1. The maximum Gasteiger partial charge on any atom is 0.0700 e. The molecule has 0 atom stereocenters. The van der Waals surface area contributed by atoms with Crippen molar-refractivity contribution in [2.24, 2.45) is 0 Å². The van der Waals surface area contributed by atoms with Gasteiger partial charge in [-0.05, 0) is 114 Å². The van der Waals surface area contributed by atoms with E-state index >= 15 is 0 Å². The number of hydrogen-bond acceptors (Lipinski definition) is 2. The van der Waals surface area contributed by atoms with E-state index in [1.807, 2.05) is 0 Å². The van der Waals surface area contributed by atoms with Gasteiger partial charge in [-0.2, -0.15) is 0 Å². The molecule has 3 aliphatic rings. The van der Waals surface area contributed by atoms with Crippen LogP contribution in [-0.2, 0) is 10.8 Å². The Morgan fingerprint density at radius 3 is 1.56 bits per heavy atom. The molecule has 12 rings (SSSR count). The summed E-state index contributed by atoms with van der Waals surface area (Å²) in [6.07, 6.45) is 0. The lowest BCUT2D eigenvalue weighted by atomic mass is 9.80. The Morgan fingerprint density at radius 2 is 0.831 bits per heavy atom. The van der Waals surface area contributed by atoms with E-state index in [1.54, 1.807) is 0 Å². The molecule has 9 aromatic rings. The minimum atomic E-state index is -0.110. The lowest BCUT2D eigenvalue weighted by Crippen LogP contribution is -2.24. The second kappa shape index (κ2) is 12.1. The molecule has 0 fully saturated rings. The number of fused-ring (bicyclic) bond motifs is 10. The lowest BCUT2D eigenvalue weighted by molar-refractivity contribution is 0.660. The summed E-state index contributed by atoms with van der Waals surface area (Å²) in [4.78, 5) is 4.86. The van der Waals surface area contributed by atoms with Crippen LogP contribution >= 0.6 is 0 Å². The monoisotopic (exact) mass is 756 g/mol. The number of hydrogen-bond donors (Lipinski definition) is 0. The van der Waals surface area contributed by atoms with Crippen molar-refractivity contribution in [3.05, 3.63) is 198 Å². The average molecular weight is 757 g/mol. The summed E-state index contributed by atoms with van der Waals surface area (Å²) in [5.74, 6) is 0. The van der Waals surface area contributed by atoms with E-state index in [9.17, 15) is 0 Å². The van der Waals surface area contributed by atoms with Crippen molar-refractivity contribution in [2.45, 2.75) is 38.5 Å². The molecule has 0 N–H and O–H groups in total. The first-order chi connectivity index (χ1) is 28.7. The molecule has 0 bridgehead atoms. The molecular weight excluding hydrogens is 713 g/mol. The van der Waals surface area contributed by atoms with Gasteiger partial charge in [-0.3, -0.25) is 0 Å². The van der Waals surface area contributed by atoms with Crippen molar-refractivity contribution in [2.75, 3.05) is 16.8 Å². The van der Waals surface area contributed by atoms with E-state index in [-0.39, 0.29) is 10.8 Å². The molecule has 0 saturated carbocycles. The van der Waals surface area contributed by atoms with E-state index < -0.39 is 0 Å². The summed E-state index contributed by atoms with van der Waals surface area (Å²) in [6, 6.07) is 66.2. The average Bonchev–Trinajstić information content (AvgIpc) is 3.65. The highest BCUT2D eigenvalue weighted by Gasteiger charge is 2.38. The first kappa shape index (κ1) is 34.2. The van der Waals surface area contributed by atoms with Crippen LogP contribution in [0.2, 0.25) is 0 Å². The number of rotatable bonds is 3. The highest BCUT2D eigenvalue weighted by molar-refractivity contribution is 6.25. The largest absolute Gasteiger partial charge is 0.341 e. The van der Waals surface area contributed by atoms with Gasteiger partial charge in [0.15, 0.2) is 0 Å². The molecule has 2 aliphatic carbocycles. The van der Waals surface area contributed by atoms with Crippen LogP contribution in [0.15, 0.2) is 176 Å². The summed E-state index contributed by atoms with van der Waals surface area (Å²) in [5.41, 5.74) is 21.7. The molecule has 0 amide bonds. The van der Waals surface area contributed by atoms with E-state index in [0.717, 1.165) is 0 Å². The number of anilines is 5. The number of nitrogens with zero attached hydrogens (tertiary/aromatic N) is 2. The van der Waals surface area contributed by atoms with Crippen LogP contribution in [0.4, 0.5) is 28.4 Å². The molecule has 282 valence electrons. The Hall–Kier alpha value is -6.90. The van der Waals surface area contributed by atoms with E-state index in [1.165, 1.54) is 117 Å². The molecule has 1 heterocycles. The molecule has 0 aromatic heterocycles. The smallest absolute Gasteiger partial charge is 0.0700 e. The highest BCUT2D eigenvalue weighted by atomic mass is 15.3. The summed E-state index contributed by atoms with van der Waals surface area (Å²) in [5, 5.41) is 4.97. The SMILES string of the molecule is CN1c2ccccc2N(c2c3ccccc3c(-c3cccc4c3-c3ccccc3C4(C)C)c3cc(-c4ccc5c(c4)C(C)(C)c4ccccc4-5)ccc23)c2ccccc21. The first-order valence-electron chi connectivity index (χ1n) is 20.9. The molecule has 2 heteroatoms. The third-order valence-electron chi connectivity index (χ3n) is 14.0. The van der Waals surface area contributed by atoms with Crippen molar-refractivity contribution < 1.29 is 0 Å². The Morgan fingerprint density at radius 1 is 0.339 bits per heavy atom. The van der Waals surface area contributed by atoms with Crippen LogP contribution in [-0.4, -0.2) is 7.05 Å². The minimum Gasteiger partial charge on any atom is -0.341 e. The van der Waals surface area contributed by atoms with Gasteiger partial charge in [0.25, 0.3) is 0 Å². The van der Waals surface area contributed by atoms with Gasteiger partial charge >= 0.3 is 0 Å². The van der Waals surface area contributed by atoms with Gasteiger partial charge in [0.05, 0.1) is 28.4 Å². The van der Waals surface area contributed by atoms with Crippen LogP contribution in [0.3, 0.4) is 0 Å². The Balaban J connectivity index is 1.20. The lowest BCUT2D eigenvalue weighted by Gasteiger charge is -2.39. The van der Waals surface area contributed by atoms with Crippen LogP contribution in [0.5, 0.6) is 0 Å². The fraction of sp³-hybridized carbons (Fsp3) is 0.123. The Labute approximate surface area is 346 Å². The molecule has 1 aliphatic heterocycles. The molecular formula is C57H44N2. The topological polar surface area (TPSA) is 6.48 Å². The quantitative estimate of drug-likeness (QED) is 0.166.